The first-order valence-electron chi connectivity index (χ1n) is 9.79. The zero-order valence-corrected chi connectivity index (χ0v) is 15.9. The van der Waals surface area contributed by atoms with Crippen molar-refractivity contribution in [1.29, 1.82) is 0 Å². The second kappa shape index (κ2) is 7.94. The third-order valence-electron chi connectivity index (χ3n) is 5.36. The van der Waals surface area contributed by atoms with Crippen LogP contribution in [0.5, 0.6) is 11.5 Å². The number of nitrogens with one attached hydrogen (secondary N) is 2. The molecular weight excluding hydrogens is 374 g/mol. The highest BCUT2D eigenvalue weighted by Crippen LogP contribution is 2.26. The highest BCUT2D eigenvalue weighted by Gasteiger charge is 2.20. The van der Waals surface area contributed by atoms with Gasteiger partial charge in [0.2, 0.25) is 5.95 Å². The Labute approximate surface area is 166 Å². The molecule has 0 amide bonds. The fraction of sp³-hybridized carbons (Fsp3) is 0.400. The van der Waals surface area contributed by atoms with E-state index in [4.69, 9.17) is 0 Å². The van der Waals surface area contributed by atoms with Crippen molar-refractivity contribution in [2.24, 2.45) is 0 Å². The van der Waals surface area contributed by atoms with Crippen LogP contribution in [0.25, 0.3) is 11.0 Å². The zero-order valence-electron chi connectivity index (χ0n) is 15.9. The Bertz CT molecular complexity index is 1150. The zero-order chi connectivity index (χ0) is 20.4. The molecule has 4 N–H and O–H groups in total. The number of nitrogens with zero attached hydrogens (tertiary/aromatic N) is 3. The van der Waals surface area contributed by atoms with Crippen molar-refractivity contribution < 1.29 is 10.2 Å². The van der Waals surface area contributed by atoms with Crippen LogP contribution in [0, 0.1) is 0 Å². The van der Waals surface area contributed by atoms with E-state index in [-0.39, 0.29) is 28.7 Å². The maximum absolute atomic E-state index is 12.8. The molecular formula is C20H23N5O4. The second-order valence-corrected chi connectivity index (χ2v) is 7.35. The minimum absolute atomic E-state index is 0.0658. The Morgan fingerprint density at radius 1 is 1.14 bits per heavy atom. The third-order valence-corrected chi connectivity index (χ3v) is 5.36. The number of phenols is 2. The number of aromatic nitrogens is 4. The van der Waals surface area contributed by atoms with Crippen LogP contribution >= 0.6 is 0 Å². The third kappa shape index (κ3) is 3.94. The van der Waals surface area contributed by atoms with Crippen molar-refractivity contribution in [3.63, 3.8) is 0 Å². The minimum Gasteiger partial charge on any atom is -0.504 e. The SMILES string of the molecule is O=c1[nH]c2nc(NCCc3ccc(O)c(O)c3)ncc2c(=O)n1C1CCCCC1. The first-order valence-corrected chi connectivity index (χ1v) is 9.79. The number of aromatic hydroxyl groups is 2. The molecule has 2 heterocycles. The highest BCUT2D eigenvalue weighted by atomic mass is 16.3. The molecule has 1 aliphatic rings. The van der Waals surface area contributed by atoms with Gasteiger partial charge in [0, 0.05) is 18.8 Å². The van der Waals surface area contributed by atoms with Gasteiger partial charge in [0.05, 0.1) is 0 Å². The van der Waals surface area contributed by atoms with Gasteiger partial charge in [-0.3, -0.25) is 14.3 Å². The van der Waals surface area contributed by atoms with Gasteiger partial charge in [0.1, 0.15) is 5.39 Å². The number of H-pyrrole nitrogens is 1. The van der Waals surface area contributed by atoms with Crippen molar-refractivity contribution in [2.75, 3.05) is 11.9 Å². The maximum Gasteiger partial charge on any atom is 0.330 e. The van der Waals surface area contributed by atoms with E-state index in [1.54, 1.807) is 6.07 Å². The van der Waals surface area contributed by atoms with Crippen molar-refractivity contribution in [3.8, 4) is 11.5 Å². The second-order valence-electron chi connectivity index (χ2n) is 7.35. The molecule has 0 saturated heterocycles. The molecule has 0 unspecified atom stereocenters. The lowest BCUT2D eigenvalue weighted by Crippen LogP contribution is -2.39. The summed E-state index contributed by atoms with van der Waals surface area (Å²) in [6.07, 6.45) is 6.85. The fourth-order valence-corrected chi connectivity index (χ4v) is 3.82. The van der Waals surface area contributed by atoms with E-state index in [0.717, 1.165) is 37.7 Å². The van der Waals surface area contributed by atoms with Crippen LogP contribution in [0.1, 0.15) is 43.7 Å². The first-order chi connectivity index (χ1) is 14.0. The number of hydrogen-bond donors (Lipinski definition) is 4. The van der Waals surface area contributed by atoms with Gasteiger partial charge in [-0.1, -0.05) is 25.3 Å². The number of fused-ring (bicyclic) bond motifs is 1. The predicted molar refractivity (Wildman–Crippen MR) is 109 cm³/mol. The summed E-state index contributed by atoms with van der Waals surface area (Å²) in [6.45, 7) is 0.471. The normalized spacial score (nSPS) is 14.9. The van der Waals surface area contributed by atoms with Gasteiger partial charge in [-0.2, -0.15) is 4.98 Å². The van der Waals surface area contributed by atoms with E-state index < -0.39 is 5.69 Å². The van der Waals surface area contributed by atoms with Gasteiger partial charge >= 0.3 is 5.69 Å². The van der Waals surface area contributed by atoms with Crippen LogP contribution in [0.4, 0.5) is 5.95 Å². The van der Waals surface area contributed by atoms with E-state index in [1.807, 2.05) is 0 Å². The highest BCUT2D eigenvalue weighted by molar-refractivity contribution is 5.73. The van der Waals surface area contributed by atoms with Gasteiger partial charge in [0.25, 0.3) is 5.56 Å². The number of phenolic OH excluding ortho intramolecular Hbond substituents is 2. The van der Waals surface area contributed by atoms with Gasteiger partial charge in [-0.15, -0.1) is 0 Å². The number of anilines is 1. The lowest BCUT2D eigenvalue weighted by Gasteiger charge is -2.22. The molecule has 2 aromatic heterocycles. The molecule has 1 saturated carbocycles. The minimum atomic E-state index is -0.432. The van der Waals surface area contributed by atoms with Crippen molar-refractivity contribution in [3.05, 3.63) is 50.8 Å². The Hall–Kier alpha value is -3.36. The van der Waals surface area contributed by atoms with Crippen LogP contribution < -0.4 is 16.6 Å². The molecule has 9 heteroatoms. The molecule has 0 aliphatic heterocycles. The number of hydrogen-bond acceptors (Lipinski definition) is 7. The summed E-state index contributed by atoms with van der Waals surface area (Å²) in [7, 11) is 0. The van der Waals surface area contributed by atoms with E-state index in [1.165, 1.54) is 22.9 Å². The summed E-state index contributed by atoms with van der Waals surface area (Å²) in [5.41, 5.74) is 0.268. The molecule has 0 spiro atoms. The number of rotatable bonds is 5. The van der Waals surface area contributed by atoms with E-state index in [9.17, 15) is 19.8 Å². The van der Waals surface area contributed by atoms with Crippen LogP contribution in [0.3, 0.4) is 0 Å². The van der Waals surface area contributed by atoms with Gasteiger partial charge in [-0.05, 0) is 37.0 Å². The molecule has 9 nitrogen and oxygen atoms in total. The Morgan fingerprint density at radius 3 is 2.69 bits per heavy atom. The lowest BCUT2D eigenvalue weighted by atomic mass is 9.95. The molecule has 0 bridgehead atoms. The molecule has 152 valence electrons. The van der Waals surface area contributed by atoms with E-state index in [2.05, 4.69) is 20.3 Å². The summed E-state index contributed by atoms with van der Waals surface area (Å²) in [6, 6.07) is 4.57. The topological polar surface area (TPSA) is 133 Å². The molecule has 0 radical (unpaired) electrons. The van der Waals surface area contributed by atoms with Crippen LogP contribution in [-0.2, 0) is 6.42 Å². The molecule has 0 atom stereocenters. The standard InChI is InChI=1S/C20H23N5O4/c26-15-7-6-12(10-16(15)27)8-9-21-19-22-11-14-17(23-19)24-20(29)25(18(14)28)13-4-2-1-3-5-13/h6-7,10-11,13,26-27H,1-5,8-9H2,(H2,21,22,23,24,29). The Morgan fingerprint density at radius 2 is 1.93 bits per heavy atom. The van der Waals surface area contributed by atoms with Gasteiger partial charge in [-0.25, -0.2) is 9.78 Å². The molecule has 1 aromatic carbocycles. The van der Waals surface area contributed by atoms with E-state index in [0.29, 0.717) is 24.3 Å². The van der Waals surface area contributed by atoms with E-state index >= 15 is 0 Å². The average Bonchev–Trinajstić information content (AvgIpc) is 2.71. The van der Waals surface area contributed by atoms with Crippen molar-refractivity contribution >= 4 is 17.0 Å². The number of benzene rings is 1. The fourth-order valence-electron chi connectivity index (χ4n) is 3.82. The molecule has 1 fully saturated rings. The van der Waals surface area contributed by atoms with Gasteiger partial charge < -0.3 is 15.5 Å². The summed E-state index contributed by atoms with van der Waals surface area (Å²) >= 11 is 0. The van der Waals surface area contributed by atoms with Gasteiger partial charge in [0.15, 0.2) is 17.1 Å². The smallest absolute Gasteiger partial charge is 0.330 e. The monoisotopic (exact) mass is 397 g/mol. The number of aromatic amines is 1. The Balaban J connectivity index is 1.52. The van der Waals surface area contributed by atoms with Crippen LogP contribution in [-0.4, -0.2) is 36.3 Å². The largest absolute Gasteiger partial charge is 0.504 e. The summed E-state index contributed by atoms with van der Waals surface area (Å²) in [4.78, 5) is 36.5. The Kier molecular flexibility index (Phi) is 5.20. The maximum atomic E-state index is 12.8. The molecule has 1 aliphatic carbocycles. The van der Waals surface area contributed by atoms with Crippen LogP contribution in [0.15, 0.2) is 34.0 Å². The summed E-state index contributed by atoms with van der Waals surface area (Å²) in [5, 5.41) is 22.2. The lowest BCUT2D eigenvalue weighted by molar-refractivity contribution is 0.338. The molecule has 29 heavy (non-hydrogen) atoms. The first kappa shape index (κ1) is 19.0. The average molecular weight is 397 g/mol. The van der Waals surface area contributed by atoms with Crippen molar-refractivity contribution in [2.45, 2.75) is 44.6 Å². The summed E-state index contributed by atoms with van der Waals surface area (Å²) in [5.74, 6) is -0.0374. The molecule has 4 rings (SSSR count). The predicted octanol–water partition coefficient (Wildman–Crippen LogP) is 2.05. The quantitative estimate of drug-likeness (QED) is 0.484. The van der Waals surface area contributed by atoms with Crippen molar-refractivity contribution in [1.82, 2.24) is 19.5 Å². The van der Waals surface area contributed by atoms with Crippen LogP contribution in [0.2, 0.25) is 0 Å². The molecule has 3 aromatic rings. The summed E-state index contributed by atoms with van der Waals surface area (Å²) < 4.78 is 1.31.